The first-order valence-corrected chi connectivity index (χ1v) is 9.52. The Bertz CT molecular complexity index is 1330. The van der Waals surface area contributed by atoms with Gasteiger partial charge in [0.1, 0.15) is 35.1 Å². The third-order valence-electron chi connectivity index (χ3n) is 4.98. The van der Waals surface area contributed by atoms with Gasteiger partial charge in [0, 0.05) is 17.2 Å². The van der Waals surface area contributed by atoms with E-state index in [-0.39, 0.29) is 24.5 Å². The number of carboxylic acids is 2. The van der Waals surface area contributed by atoms with E-state index in [2.05, 4.69) is 4.98 Å². The molecule has 2 aromatic carbocycles. The molecule has 0 atom stereocenters. The van der Waals surface area contributed by atoms with Crippen LogP contribution in [0.5, 0.6) is 23.0 Å². The fraction of sp³-hybridized carbons (Fsp3) is 0.136. The molecule has 0 radical (unpaired) electrons. The lowest BCUT2D eigenvalue weighted by Crippen LogP contribution is -2.24. The quantitative estimate of drug-likeness (QED) is 0.415. The van der Waals surface area contributed by atoms with Gasteiger partial charge in [-0.3, -0.25) is 4.79 Å². The highest BCUT2D eigenvalue weighted by molar-refractivity contribution is 6.07. The number of hydrogen-bond acceptors (Lipinski definition) is 8. The van der Waals surface area contributed by atoms with Crippen molar-refractivity contribution in [2.45, 2.75) is 6.61 Å². The molecular weight excluding hydrogens is 436 g/mol. The summed E-state index contributed by atoms with van der Waals surface area (Å²) in [5.74, 6) is -1.53. The molecule has 0 unspecified atom stereocenters. The van der Waals surface area contributed by atoms with Crippen LogP contribution in [0, 0.1) is 0 Å². The average molecular weight is 454 g/mol. The lowest BCUT2D eigenvalue weighted by molar-refractivity contribution is 0.0695. The fourth-order valence-electron chi connectivity index (χ4n) is 3.51. The maximum absolute atomic E-state index is 12.3. The molecule has 11 nitrogen and oxygen atoms in total. The van der Waals surface area contributed by atoms with Gasteiger partial charge in [0.25, 0.3) is 5.56 Å². The molecule has 0 saturated carbocycles. The van der Waals surface area contributed by atoms with Crippen LogP contribution >= 0.6 is 0 Å². The Morgan fingerprint density at radius 3 is 2.48 bits per heavy atom. The Morgan fingerprint density at radius 2 is 1.79 bits per heavy atom. The number of nitrogens with two attached hydrogens (primary N) is 1. The molecule has 4 rings (SSSR count). The number of anilines is 1. The topological polar surface area (TPSA) is 170 Å². The summed E-state index contributed by atoms with van der Waals surface area (Å²) in [5, 5.41) is 19.2. The lowest BCUT2D eigenvalue weighted by atomic mass is 9.94. The number of benzene rings is 2. The van der Waals surface area contributed by atoms with Crippen molar-refractivity contribution in [3.63, 3.8) is 0 Å². The van der Waals surface area contributed by atoms with Crippen molar-refractivity contribution in [2.24, 2.45) is 0 Å². The van der Waals surface area contributed by atoms with Gasteiger partial charge in [-0.15, -0.1) is 0 Å². The standard InChI is InChI=1S/C22H18N2O9/c1-30-13-4-2-10(16-17(21(26)27)19(23)24-20(25)18(16)22(28)29)6-11(13)8-31-12-3-5-14-15(7-12)33-9-32-14/h2-7H,8-9H2,1H3,(H,26,27)(H,28,29)(H3,23,24,25). The summed E-state index contributed by atoms with van der Waals surface area (Å²) >= 11 is 0. The van der Waals surface area contributed by atoms with Crippen LogP contribution in [0.1, 0.15) is 26.3 Å². The third kappa shape index (κ3) is 3.99. The molecule has 0 saturated heterocycles. The first-order chi connectivity index (χ1) is 15.8. The summed E-state index contributed by atoms with van der Waals surface area (Å²) in [7, 11) is 1.44. The molecule has 0 aliphatic carbocycles. The molecule has 0 amide bonds. The molecular formula is C22H18N2O9. The maximum atomic E-state index is 12.3. The maximum Gasteiger partial charge on any atom is 0.342 e. The average Bonchev–Trinajstić information content (AvgIpc) is 3.24. The minimum Gasteiger partial charge on any atom is -0.496 e. The van der Waals surface area contributed by atoms with Crippen LogP contribution < -0.4 is 30.2 Å². The minimum absolute atomic E-state index is 0.0138. The number of carboxylic acid groups (broad SMARTS) is 2. The van der Waals surface area contributed by atoms with Gasteiger partial charge in [0.2, 0.25) is 6.79 Å². The van der Waals surface area contributed by atoms with E-state index in [0.29, 0.717) is 28.6 Å². The number of nitrogens with one attached hydrogen (secondary N) is 1. The number of rotatable bonds is 7. The van der Waals surface area contributed by atoms with Gasteiger partial charge in [-0.1, -0.05) is 6.07 Å². The second-order valence-electron chi connectivity index (χ2n) is 6.93. The summed E-state index contributed by atoms with van der Waals surface area (Å²) in [6.45, 7) is 0.103. The number of aromatic carboxylic acids is 2. The van der Waals surface area contributed by atoms with E-state index in [4.69, 9.17) is 24.7 Å². The molecule has 11 heteroatoms. The highest BCUT2D eigenvalue weighted by atomic mass is 16.7. The first-order valence-electron chi connectivity index (χ1n) is 9.52. The van der Waals surface area contributed by atoms with Crippen LogP contribution in [-0.2, 0) is 6.61 Å². The largest absolute Gasteiger partial charge is 0.496 e. The van der Waals surface area contributed by atoms with Crippen molar-refractivity contribution in [1.82, 2.24) is 4.98 Å². The van der Waals surface area contributed by atoms with Gasteiger partial charge in [-0.2, -0.15) is 0 Å². The summed E-state index contributed by atoms with van der Waals surface area (Å²) in [4.78, 5) is 38.0. The van der Waals surface area contributed by atoms with Crippen LogP contribution in [0.25, 0.3) is 11.1 Å². The zero-order chi connectivity index (χ0) is 23.7. The summed E-state index contributed by atoms with van der Waals surface area (Å²) in [5.41, 5.74) is 3.71. The number of fused-ring (bicyclic) bond motifs is 1. The highest BCUT2D eigenvalue weighted by Crippen LogP contribution is 2.36. The van der Waals surface area contributed by atoms with E-state index in [1.165, 1.54) is 25.3 Å². The zero-order valence-electron chi connectivity index (χ0n) is 17.2. The number of aromatic amines is 1. The number of H-pyrrole nitrogens is 1. The Hall–Kier alpha value is -4.67. The number of hydrogen-bond donors (Lipinski definition) is 4. The van der Waals surface area contributed by atoms with E-state index in [9.17, 15) is 24.6 Å². The summed E-state index contributed by atoms with van der Waals surface area (Å²) in [6, 6.07) is 9.48. The van der Waals surface area contributed by atoms with E-state index < -0.39 is 34.4 Å². The van der Waals surface area contributed by atoms with Gasteiger partial charge in [0.05, 0.1) is 7.11 Å². The number of nitrogen functional groups attached to an aromatic ring is 1. The van der Waals surface area contributed by atoms with Crippen molar-refractivity contribution in [2.75, 3.05) is 19.6 Å². The first kappa shape index (κ1) is 21.6. The van der Waals surface area contributed by atoms with Crippen LogP contribution in [0.2, 0.25) is 0 Å². The van der Waals surface area contributed by atoms with Gasteiger partial charge in [-0.05, 0) is 29.8 Å². The van der Waals surface area contributed by atoms with Crippen molar-refractivity contribution >= 4 is 17.8 Å². The third-order valence-corrected chi connectivity index (χ3v) is 4.98. The van der Waals surface area contributed by atoms with Crippen LogP contribution in [-0.4, -0.2) is 41.0 Å². The highest BCUT2D eigenvalue weighted by Gasteiger charge is 2.27. The normalized spacial score (nSPS) is 11.8. The molecule has 0 fully saturated rings. The van der Waals surface area contributed by atoms with E-state index >= 15 is 0 Å². The number of aromatic nitrogens is 1. The Balaban J connectivity index is 1.78. The second-order valence-corrected chi connectivity index (χ2v) is 6.93. The predicted molar refractivity (Wildman–Crippen MR) is 114 cm³/mol. The van der Waals surface area contributed by atoms with Crippen molar-refractivity contribution in [3.8, 4) is 34.1 Å². The van der Waals surface area contributed by atoms with Gasteiger partial charge < -0.3 is 39.9 Å². The number of pyridine rings is 1. The van der Waals surface area contributed by atoms with Crippen LogP contribution in [0.3, 0.4) is 0 Å². The monoisotopic (exact) mass is 454 g/mol. The lowest BCUT2D eigenvalue weighted by Gasteiger charge is -2.15. The summed E-state index contributed by atoms with van der Waals surface area (Å²) < 4.78 is 21.8. The molecule has 1 aliphatic heterocycles. The van der Waals surface area contributed by atoms with Gasteiger partial charge in [0.15, 0.2) is 11.5 Å². The van der Waals surface area contributed by atoms with Crippen LogP contribution in [0.4, 0.5) is 5.82 Å². The van der Waals surface area contributed by atoms with Crippen molar-refractivity contribution in [3.05, 3.63) is 63.4 Å². The molecule has 1 aromatic heterocycles. The molecule has 170 valence electrons. The van der Waals surface area contributed by atoms with E-state index in [1.807, 2.05) is 0 Å². The molecule has 0 spiro atoms. The fourth-order valence-corrected chi connectivity index (χ4v) is 3.51. The van der Waals surface area contributed by atoms with Gasteiger partial charge >= 0.3 is 11.9 Å². The summed E-state index contributed by atoms with van der Waals surface area (Å²) in [6.07, 6.45) is 0. The minimum atomic E-state index is -1.59. The van der Waals surface area contributed by atoms with E-state index in [1.54, 1.807) is 18.2 Å². The van der Waals surface area contributed by atoms with Crippen LogP contribution in [0.15, 0.2) is 41.2 Å². The molecule has 0 bridgehead atoms. The molecule has 1 aliphatic rings. The van der Waals surface area contributed by atoms with Crippen molar-refractivity contribution < 1.29 is 38.7 Å². The molecule has 33 heavy (non-hydrogen) atoms. The van der Waals surface area contributed by atoms with E-state index in [0.717, 1.165) is 0 Å². The smallest absolute Gasteiger partial charge is 0.342 e. The molecule has 3 aromatic rings. The predicted octanol–water partition coefficient (Wildman–Crippen LogP) is 2.34. The molecule has 5 N–H and O–H groups in total. The van der Waals surface area contributed by atoms with Gasteiger partial charge in [-0.25, -0.2) is 9.59 Å². The Kier molecular flexibility index (Phi) is 5.53. The van der Waals surface area contributed by atoms with Crippen molar-refractivity contribution in [1.29, 1.82) is 0 Å². The molecule has 2 heterocycles. The zero-order valence-corrected chi connectivity index (χ0v) is 17.2. The Labute approximate surface area is 185 Å². The SMILES string of the molecule is COc1ccc(-c2c(C(=O)O)c(N)[nH]c(=O)c2C(=O)O)cc1COc1ccc2c(c1)OCO2. The number of ether oxygens (including phenoxy) is 4. The number of methoxy groups -OCH3 is 1. The number of carbonyl (C=O) groups is 2. The Morgan fingerprint density at radius 1 is 1.06 bits per heavy atom. The second kappa shape index (κ2) is 8.46.